The average Bonchev–Trinajstić information content (AvgIpc) is 2.17. The van der Waals surface area contributed by atoms with Crippen LogP contribution in [0, 0.1) is 0 Å². The van der Waals surface area contributed by atoms with Crippen molar-refractivity contribution >= 4 is 11.9 Å². The standard InChI is InChI=1S/C10H12N2/c1-2-8-6-9-4-3-5-11-10(9)12-7-8/h2,6-7H,1,3-5H2,(H,11,12). The van der Waals surface area contributed by atoms with Crippen molar-refractivity contribution in [1.29, 1.82) is 0 Å². The first-order valence-corrected chi connectivity index (χ1v) is 4.25. The van der Waals surface area contributed by atoms with E-state index < -0.39 is 0 Å². The first-order valence-electron chi connectivity index (χ1n) is 4.25. The number of anilines is 1. The minimum absolute atomic E-state index is 1.05. The molecule has 12 heavy (non-hydrogen) atoms. The van der Waals surface area contributed by atoms with Crippen LogP contribution in [0.1, 0.15) is 17.5 Å². The van der Waals surface area contributed by atoms with E-state index in [4.69, 9.17) is 0 Å². The van der Waals surface area contributed by atoms with Gasteiger partial charge in [-0.2, -0.15) is 0 Å². The summed E-state index contributed by atoms with van der Waals surface area (Å²) in [5.41, 5.74) is 2.43. The number of rotatable bonds is 1. The van der Waals surface area contributed by atoms with E-state index in [-0.39, 0.29) is 0 Å². The number of hydrogen-bond donors (Lipinski definition) is 1. The van der Waals surface area contributed by atoms with E-state index >= 15 is 0 Å². The lowest BCUT2D eigenvalue weighted by atomic mass is 10.1. The molecule has 0 saturated heterocycles. The summed E-state index contributed by atoms with van der Waals surface area (Å²) in [6, 6.07) is 2.15. The van der Waals surface area contributed by atoms with Crippen LogP contribution < -0.4 is 5.32 Å². The molecule has 0 bridgehead atoms. The van der Waals surface area contributed by atoms with Gasteiger partial charge in [-0.3, -0.25) is 0 Å². The molecule has 2 heterocycles. The largest absolute Gasteiger partial charge is 0.370 e. The minimum atomic E-state index is 1.05. The number of aryl methyl sites for hydroxylation is 1. The molecule has 2 nitrogen and oxygen atoms in total. The van der Waals surface area contributed by atoms with Crippen LogP contribution in [-0.4, -0.2) is 11.5 Å². The zero-order chi connectivity index (χ0) is 8.39. The molecular formula is C10H12N2. The highest BCUT2D eigenvalue weighted by Crippen LogP contribution is 2.20. The summed E-state index contributed by atoms with van der Waals surface area (Å²) in [5.74, 6) is 1.05. The van der Waals surface area contributed by atoms with E-state index in [1.54, 1.807) is 0 Å². The monoisotopic (exact) mass is 160 g/mol. The van der Waals surface area contributed by atoms with E-state index in [2.05, 4.69) is 22.9 Å². The Bertz CT molecular complexity index is 305. The van der Waals surface area contributed by atoms with E-state index in [9.17, 15) is 0 Å². The van der Waals surface area contributed by atoms with Gasteiger partial charge in [-0.1, -0.05) is 12.7 Å². The summed E-state index contributed by atoms with van der Waals surface area (Å²) < 4.78 is 0. The molecular weight excluding hydrogens is 148 g/mol. The van der Waals surface area contributed by atoms with Gasteiger partial charge in [0.25, 0.3) is 0 Å². The molecule has 1 aliphatic heterocycles. The highest BCUT2D eigenvalue weighted by molar-refractivity contribution is 5.54. The Morgan fingerprint density at radius 3 is 3.33 bits per heavy atom. The van der Waals surface area contributed by atoms with Gasteiger partial charge in [0, 0.05) is 12.7 Å². The van der Waals surface area contributed by atoms with Crippen molar-refractivity contribution in [2.24, 2.45) is 0 Å². The summed E-state index contributed by atoms with van der Waals surface area (Å²) >= 11 is 0. The summed E-state index contributed by atoms with van der Waals surface area (Å²) in [4.78, 5) is 4.31. The van der Waals surface area contributed by atoms with Crippen LogP contribution in [0.25, 0.3) is 6.08 Å². The van der Waals surface area contributed by atoms with Crippen molar-refractivity contribution in [2.45, 2.75) is 12.8 Å². The minimum Gasteiger partial charge on any atom is -0.370 e. The smallest absolute Gasteiger partial charge is 0.129 e. The van der Waals surface area contributed by atoms with Crippen molar-refractivity contribution in [2.75, 3.05) is 11.9 Å². The molecule has 62 valence electrons. The zero-order valence-corrected chi connectivity index (χ0v) is 7.01. The van der Waals surface area contributed by atoms with Crippen molar-refractivity contribution in [3.05, 3.63) is 30.0 Å². The summed E-state index contributed by atoms with van der Waals surface area (Å²) in [5, 5.41) is 3.27. The quantitative estimate of drug-likeness (QED) is 0.680. The molecule has 0 radical (unpaired) electrons. The maximum atomic E-state index is 4.31. The Labute approximate surface area is 72.3 Å². The number of aromatic nitrogens is 1. The van der Waals surface area contributed by atoms with Gasteiger partial charge in [0.05, 0.1) is 0 Å². The van der Waals surface area contributed by atoms with E-state index in [1.165, 1.54) is 12.0 Å². The molecule has 0 aliphatic carbocycles. The first kappa shape index (κ1) is 7.35. The lowest BCUT2D eigenvalue weighted by Crippen LogP contribution is -2.13. The molecule has 1 N–H and O–H groups in total. The fourth-order valence-electron chi connectivity index (χ4n) is 1.48. The second kappa shape index (κ2) is 2.97. The maximum absolute atomic E-state index is 4.31. The third-order valence-electron chi connectivity index (χ3n) is 2.14. The van der Waals surface area contributed by atoms with Crippen LogP contribution in [0.4, 0.5) is 5.82 Å². The van der Waals surface area contributed by atoms with Crippen LogP contribution in [0.15, 0.2) is 18.8 Å². The maximum Gasteiger partial charge on any atom is 0.129 e. The number of pyridine rings is 1. The fourth-order valence-corrected chi connectivity index (χ4v) is 1.48. The zero-order valence-electron chi connectivity index (χ0n) is 7.01. The second-order valence-corrected chi connectivity index (χ2v) is 3.01. The van der Waals surface area contributed by atoms with Crippen LogP contribution in [-0.2, 0) is 6.42 Å². The van der Waals surface area contributed by atoms with Gasteiger partial charge in [0.2, 0.25) is 0 Å². The molecule has 1 aliphatic rings. The molecule has 0 saturated carbocycles. The van der Waals surface area contributed by atoms with E-state index in [0.29, 0.717) is 0 Å². The van der Waals surface area contributed by atoms with Crippen LogP contribution >= 0.6 is 0 Å². The normalized spacial score (nSPS) is 14.7. The lowest BCUT2D eigenvalue weighted by Gasteiger charge is -2.16. The highest BCUT2D eigenvalue weighted by Gasteiger charge is 2.08. The molecule has 0 aromatic carbocycles. The third kappa shape index (κ3) is 1.20. The fraction of sp³-hybridized carbons (Fsp3) is 0.300. The SMILES string of the molecule is C=Cc1cnc2c(c1)CCCN2. The van der Waals surface area contributed by atoms with Gasteiger partial charge in [-0.15, -0.1) is 0 Å². The number of nitrogens with one attached hydrogen (secondary N) is 1. The Kier molecular flexibility index (Phi) is 1.82. The Morgan fingerprint density at radius 1 is 1.58 bits per heavy atom. The Hall–Kier alpha value is -1.31. The molecule has 0 fully saturated rings. The predicted molar refractivity (Wildman–Crippen MR) is 51.1 cm³/mol. The van der Waals surface area contributed by atoms with Gasteiger partial charge in [-0.25, -0.2) is 4.98 Å². The van der Waals surface area contributed by atoms with Gasteiger partial charge >= 0.3 is 0 Å². The van der Waals surface area contributed by atoms with E-state index in [1.807, 2.05) is 12.3 Å². The topological polar surface area (TPSA) is 24.9 Å². The predicted octanol–water partition coefficient (Wildman–Crippen LogP) is 2.08. The summed E-state index contributed by atoms with van der Waals surface area (Å²) in [6.07, 6.45) is 6.03. The molecule has 0 amide bonds. The van der Waals surface area contributed by atoms with Gasteiger partial charge < -0.3 is 5.32 Å². The Balaban J connectivity index is 2.42. The molecule has 1 aromatic rings. The molecule has 0 spiro atoms. The van der Waals surface area contributed by atoms with Crippen LogP contribution in [0.5, 0.6) is 0 Å². The molecule has 0 atom stereocenters. The van der Waals surface area contributed by atoms with Crippen LogP contribution in [0.3, 0.4) is 0 Å². The number of fused-ring (bicyclic) bond motifs is 1. The number of nitrogens with zero attached hydrogens (tertiary/aromatic N) is 1. The van der Waals surface area contributed by atoms with Gasteiger partial charge in [0.15, 0.2) is 0 Å². The van der Waals surface area contributed by atoms with Crippen LogP contribution in [0.2, 0.25) is 0 Å². The molecule has 2 rings (SSSR count). The third-order valence-corrected chi connectivity index (χ3v) is 2.14. The molecule has 2 heteroatoms. The summed E-state index contributed by atoms with van der Waals surface area (Å²) in [7, 11) is 0. The lowest BCUT2D eigenvalue weighted by molar-refractivity contribution is 0.817. The van der Waals surface area contributed by atoms with Crippen molar-refractivity contribution in [3.8, 4) is 0 Å². The van der Waals surface area contributed by atoms with E-state index in [0.717, 1.165) is 24.3 Å². The van der Waals surface area contributed by atoms with Gasteiger partial charge in [-0.05, 0) is 30.0 Å². The van der Waals surface area contributed by atoms with Gasteiger partial charge in [0.1, 0.15) is 5.82 Å². The average molecular weight is 160 g/mol. The second-order valence-electron chi connectivity index (χ2n) is 3.01. The molecule has 0 unspecified atom stereocenters. The van der Waals surface area contributed by atoms with Crippen molar-refractivity contribution in [1.82, 2.24) is 4.98 Å². The summed E-state index contributed by atoms with van der Waals surface area (Å²) in [6.45, 7) is 4.77. The Morgan fingerprint density at radius 2 is 2.50 bits per heavy atom. The van der Waals surface area contributed by atoms with Crippen molar-refractivity contribution < 1.29 is 0 Å². The first-order chi connectivity index (χ1) is 5.90. The molecule has 1 aromatic heterocycles. The number of hydrogen-bond acceptors (Lipinski definition) is 2. The van der Waals surface area contributed by atoms with Crippen molar-refractivity contribution in [3.63, 3.8) is 0 Å². The highest BCUT2D eigenvalue weighted by atomic mass is 15.0.